The highest BCUT2D eigenvalue weighted by Crippen LogP contribution is 2.21. The highest BCUT2D eigenvalue weighted by molar-refractivity contribution is 5.84. The molecule has 0 spiro atoms. The third kappa shape index (κ3) is 2.28. The summed E-state index contributed by atoms with van der Waals surface area (Å²) < 4.78 is 0. The molecular formula is C16H18N2O. The zero-order valence-corrected chi connectivity index (χ0v) is 11.4. The number of nitrogens with zero attached hydrogens (tertiary/aromatic N) is 1. The minimum atomic E-state index is 0.216. The Hall–Kier alpha value is -2.03. The van der Waals surface area contributed by atoms with Gasteiger partial charge in [0, 0.05) is 36.3 Å². The molecule has 98 valence electrons. The summed E-state index contributed by atoms with van der Waals surface area (Å²) in [6, 6.07) is 6.42. The fraction of sp³-hybridized carbons (Fsp3) is 0.312. The first-order chi connectivity index (χ1) is 9.13. The fourth-order valence-corrected chi connectivity index (χ4v) is 2.65. The third-order valence-corrected chi connectivity index (χ3v) is 3.67. The van der Waals surface area contributed by atoms with Crippen LogP contribution in [0.3, 0.4) is 0 Å². The number of carbonyl (C=O) groups is 1. The Bertz CT molecular complexity index is 666. The summed E-state index contributed by atoms with van der Waals surface area (Å²) in [5.41, 5.74) is 4.87. The molecule has 0 fully saturated rings. The summed E-state index contributed by atoms with van der Waals surface area (Å²) in [7, 11) is 0. The van der Waals surface area contributed by atoms with E-state index in [4.69, 9.17) is 0 Å². The number of aryl methyl sites for hydroxylation is 1. The molecule has 0 aliphatic carbocycles. The molecule has 1 aliphatic rings. The van der Waals surface area contributed by atoms with Crippen molar-refractivity contribution in [2.45, 2.75) is 26.7 Å². The van der Waals surface area contributed by atoms with Crippen LogP contribution in [0.4, 0.5) is 0 Å². The van der Waals surface area contributed by atoms with Gasteiger partial charge in [0.2, 0.25) is 5.91 Å². The Morgan fingerprint density at radius 2 is 2.16 bits per heavy atom. The lowest BCUT2D eigenvalue weighted by Crippen LogP contribution is -2.23. The first-order valence-corrected chi connectivity index (χ1v) is 6.67. The molecule has 2 heterocycles. The predicted octanol–water partition coefficient (Wildman–Crippen LogP) is 3.15. The zero-order chi connectivity index (χ0) is 13.4. The van der Waals surface area contributed by atoms with Gasteiger partial charge in [-0.25, -0.2) is 0 Å². The number of amides is 1. The molecule has 3 rings (SSSR count). The van der Waals surface area contributed by atoms with Crippen LogP contribution in [0.15, 0.2) is 36.2 Å². The minimum Gasteiger partial charge on any atom is -0.361 e. The standard InChI is InChI=1S/C16H18N2O/c1-11-3-4-15-14(7-11)13(9-17-15)5-6-18-10-12(2)8-16(18)19/h3-4,7,9-10,17H,5-6,8H2,1-2H3. The Morgan fingerprint density at radius 1 is 1.32 bits per heavy atom. The normalized spacial score (nSPS) is 15.4. The molecule has 1 amide bonds. The summed E-state index contributed by atoms with van der Waals surface area (Å²) in [5, 5.41) is 1.27. The van der Waals surface area contributed by atoms with Crippen LogP contribution in [0.1, 0.15) is 24.5 Å². The van der Waals surface area contributed by atoms with E-state index >= 15 is 0 Å². The number of carbonyl (C=O) groups excluding carboxylic acids is 1. The summed E-state index contributed by atoms with van der Waals surface area (Å²) in [6.45, 7) is 4.87. The van der Waals surface area contributed by atoms with Gasteiger partial charge >= 0.3 is 0 Å². The smallest absolute Gasteiger partial charge is 0.230 e. The van der Waals surface area contributed by atoms with Crippen molar-refractivity contribution in [2.75, 3.05) is 6.54 Å². The van der Waals surface area contributed by atoms with Crippen LogP contribution in [-0.2, 0) is 11.2 Å². The van der Waals surface area contributed by atoms with Crippen LogP contribution in [0.5, 0.6) is 0 Å². The van der Waals surface area contributed by atoms with Gasteiger partial charge in [0.15, 0.2) is 0 Å². The number of aromatic nitrogens is 1. The van der Waals surface area contributed by atoms with Gasteiger partial charge in [-0.3, -0.25) is 4.79 Å². The molecule has 1 N–H and O–H groups in total. The van der Waals surface area contributed by atoms with Crippen molar-refractivity contribution in [3.8, 4) is 0 Å². The molecule has 19 heavy (non-hydrogen) atoms. The van der Waals surface area contributed by atoms with Gasteiger partial charge in [0.05, 0.1) is 0 Å². The molecule has 0 unspecified atom stereocenters. The van der Waals surface area contributed by atoms with Crippen LogP contribution >= 0.6 is 0 Å². The lowest BCUT2D eigenvalue weighted by molar-refractivity contribution is -0.126. The number of rotatable bonds is 3. The Balaban J connectivity index is 1.79. The molecule has 2 aromatic rings. The molecule has 1 aromatic carbocycles. The van der Waals surface area contributed by atoms with Gasteiger partial charge in [0.25, 0.3) is 0 Å². The maximum absolute atomic E-state index is 11.7. The van der Waals surface area contributed by atoms with Gasteiger partial charge in [-0.15, -0.1) is 0 Å². The second-order valence-corrected chi connectivity index (χ2v) is 5.35. The molecule has 0 saturated carbocycles. The highest BCUT2D eigenvalue weighted by atomic mass is 16.2. The van der Waals surface area contributed by atoms with Crippen LogP contribution in [-0.4, -0.2) is 22.3 Å². The molecule has 0 saturated heterocycles. The van der Waals surface area contributed by atoms with E-state index in [1.54, 1.807) is 0 Å². The molecule has 0 bridgehead atoms. The number of hydrogen-bond donors (Lipinski definition) is 1. The van der Waals surface area contributed by atoms with Crippen molar-refractivity contribution >= 4 is 16.8 Å². The van der Waals surface area contributed by atoms with Crippen LogP contribution in [0.25, 0.3) is 10.9 Å². The Morgan fingerprint density at radius 3 is 2.89 bits per heavy atom. The monoisotopic (exact) mass is 254 g/mol. The van der Waals surface area contributed by atoms with Gasteiger partial charge in [-0.05, 0) is 43.5 Å². The van der Waals surface area contributed by atoms with E-state index in [0.717, 1.165) is 18.5 Å². The summed E-state index contributed by atoms with van der Waals surface area (Å²) in [4.78, 5) is 16.9. The van der Waals surface area contributed by atoms with Crippen molar-refractivity contribution < 1.29 is 4.79 Å². The van der Waals surface area contributed by atoms with Crippen molar-refractivity contribution in [2.24, 2.45) is 0 Å². The first-order valence-electron chi connectivity index (χ1n) is 6.67. The Kier molecular flexibility index (Phi) is 2.90. The quantitative estimate of drug-likeness (QED) is 0.897. The number of fused-ring (bicyclic) bond motifs is 1. The van der Waals surface area contributed by atoms with Crippen molar-refractivity contribution in [3.63, 3.8) is 0 Å². The maximum atomic E-state index is 11.7. The van der Waals surface area contributed by atoms with Gasteiger partial charge in [0.1, 0.15) is 0 Å². The zero-order valence-electron chi connectivity index (χ0n) is 11.4. The van der Waals surface area contributed by atoms with Crippen molar-refractivity contribution in [1.82, 2.24) is 9.88 Å². The second kappa shape index (κ2) is 4.57. The number of H-pyrrole nitrogens is 1. The molecule has 0 atom stereocenters. The summed E-state index contributed by atoms with van der Waals surface area (Å²) >= 11 is 0. The SMILES string of the molecule is CC1=CN(CCc2c[nH]c3ccc(C)cc23)C(=O)C1. The van der Waals surface area contributed by atoms with E-state index in [9.17, 15) is 4.79 Å². The number of benzene rings is 1. The maximum Gasteiger partial charge on any atom is 0.230 e. The van der Waals surface area contributed by atoms with Crippen LogP contribution < -0.4 is 0 Å². The van der Waals surface area contributed by atoms with E-state index in [1.165, 1.54) is 22.0 Å². The molecule has 3 heteroatoms. The largest absolute Gasteiger partial charge is 0.361 e. The van der Waals surface area contributed by atoms with E-state index in [-0.39, 0.29) is 5.91 Å². The van der Waals surface area contributed by atoms with Gasteiger partial charge in [-0.2, -0.15) is 0 Å². The average molecular weight is 254 g/mol. The van der Waals surface area contributed by atoms with Crippen LogP contribution in [0.2, 0.25) is 0 Å². The van der Waals surface area contributed by atoms with E-state index in [2.05, 4.69) is 36.3 Å². The van der Waals surface area contributed by atoms with Crippen LogP contribution in [0, 0.1) is 6.92 Å². The number of aromatic amines is 1. The van der Waals surface area contributed by atoms with Crippen molar-refractivity contribution in [3.05, 3.63) is 47.3 Å². The lowest BCUT2D eigenvalue weighted by Gasteiger charge is -2.12. The molecule has 0 radical (unpaired) electrons. The average Bonchev–Trinajstić information content (AvgIpc) is 2.90. The topological polar surface area (TPSA) is 36.1 Å². The number of hydrogen-bond acceptors (Lipinski definition) is 1. The van der Waals surface area contributed by atoms with E-state index in [0.29, 0.717) is 6.42 Å². The van der Waals surface area contributed by atoms with E-state index in [1.807, 2.05) is 18.0 Å². The summed E-state index contributed by atoms with van der Waals surface area (Å²) in [6.07, 6.45) is 5.50. The first kappa shape index (κ1) is 12.0. The third-order valence-electron chi connectivity index (χ3n) is 3.67. The van der Waals surface area contributed by atoms with E-state index < -0.39 is 0 Å². The molecule has 3 nitrogen and oxygen atoms in total. The predicted molar refractivity (Wildman–Crippen MR) is 76.8 cm³/mol. The molecule has 1 aliphatic heterocycles. The molecular weight excluding hydrogens is 236 g/mol. The Labute approximate surface area is 112 Å². The molecule has 1 aromatic heterocycles. The fourth-order valence-electron chi connectivity index (χ4n) is 2.65. The minimum absolute atomic E-state index is 0.216. The van der Waals surface area contributed by atoms with Gasteiger partial charge < -0.3 is 9.88 Å². The number of nitrogens with one attached hydrogen (secondary N) is 1. The lowest BCUT2D eigenvalue weighted by atomic mass is 10.1. The van der Waals surface area contributed by atoms with Gasteiger partial charge in [-0.1, -0.05) is 11.6 Å². The summed E-state index contributed by atoms with van der Waals surface area (Å²) in [5.74, 6) is 0.216. The van der Waals surface area contributed by atoms with Crippen molar-refractivity contribution in [1.29, 1.82) is 0 Å². The second-order valence-electron chi connectivity index (χ2n) is 5.35. The highest BCUT2D eigenvalue weighted by Gasteiger charge is 2.18.